The van der Waals surface area contributed by atoms with Gasteiger partial charge in [-0.2, -0.15) is 0 Å². The molecule has 0 aromatic carbocycles. The van der Waals surface area contributed by atoms with E-state index in [1.165, 1.54) is 0 Å². The van der Waals surface area contributed by atoms with Crippen molar-refractivity contribution in [2.24, 2.45) is 5.92 Å². The second-order valence-electron chi connectivity index (χ2n) is 2.02. The second kappa shape index (κ2) is 4.32. The Bertz CT molecular complexity index is 84.1. The Morgan fingerprint density at radius 1 is 1.57 bits per heavy atom. The van der Waals surface area contributed by atoms with Gasteiger partial charge in [0, 0.05) is 0 Å². The van der Waals surface area contributed by atoms with Crippen LogP contribution in [0, 0.1) is 16.4 Å². The Morgan fingerprint density at radius 3 is 2.29 bits per heavy atom. The summed E-state index contributed by atoms with van der Waals surface area (Å²) >= 11 is 1.88. The van der Waals surface area contributed by atoms with Gasteiger partial charge in [0.05, 0.1) is 0 Å². The van der Waals surface area contributed by atoms with E-state index in [2.05, 4.69) is 24.4 Å². The Morgan fingerprint density at radius 2 is 2.14 bits per heavy atom. The fourth-order valence-electron chi connectivity index (χ4n) is 0.306. The molecule has 0 aromatic heterocycles. The quantitative estimate of drug-likeness (QED) is 0.333. The van der Waals surface area contributed by atoms with Crippen LogP contribution in [0.1, 0.15) is 20.3 Å². The molecule has 0 unspecified atom stereocenters. The van der Waals surface area contributed by atoms with Gasteiger partial charge in [-0.05, 0) is 0 Å². The van der Waals surface area contributed by atoms with Gasteiger partial charge in [0.2, 0.25) is 0 Å². The van der Waals surface area contributed by atoms with E-state index in [0.717, 1.165) is 12.3 Å². The minimum absolute atomic E-state index is 0.729. The summed E-state index contributed by atoms with van der Waals surface area (Å²) in [6, 6.07) is 0. The normalized spacial score (nSPS) is 8.14. The van der Waals surface area contributed by atoms with Crippen molar-refractivity contribution in [2.75, 3.05) is 0 Å². The van der Waals surface area contributed by atoms with Crippen LogP contribution in [0.2, 0.25) is 0 Å². The molecule has 0 amide bonds. The van der Waals surface area contributed by atoms with Gasteiger partial charge in [0.25, 0.3) is 0 Å². The van der Waals surface area contributed by atoms with Crippen LogP contribution in [0.3, 0.4) is 0 Å². The predicted octanol–water partition coefficient (Wildman–Crippen LogP) is 1.16. The minimum atomic E-state index is 0.729. The molecule has 0 aromatic rings. The first-order chi connectivity index (χ1) is 3.27. The first-order valence-corrected chi connectivity index (χ1v) is 2.67. The van der Waals surface area contributed by atoms with Crippen LogP contribution in [0.5, 0.6) is 0 Å². The molecule has 0 aliphatic rings. The molecular formula is C6H9Li. The van der Waals surface area contributed by atoms with Gasteiger partial charge >= 0.3 is 54.4 Å². The van der Waals surface area contributed by atoms with E-state index in [9.17, 15) is 0 Å². The van der Waals surface area contributed by atoms with Crippen molar-refractivity contribution in [3.8, 4) is 10.5 Å². The number of hydrogen-bond donors (Lipinski definition) is 0. The number of hydrogen-bond acceptors (Lipinski definition) is 0. The van der Waals surface area contributed by atoms with Gasteiger partial charge < -0.3 is 0 Å². The van der Waals surface area contributed by atoms with Crippen LogP contribution in [0.25, 0.3) is 0 Å². The van der Waals surface area contributed by atoms with E-state index >= 15 is 0 Å². The van der Waals surface area contributed by atoms with Crippen molar-refractivity contribution in [1.29, 1.82) is 0 Å². The topological polar surface area (TPSA) is 0 Å². The van der Waals surface area contributed by atoms with Crippen LogP contribution in [-0.2, 0) is 0 Å². The molecule has 0 radical (unpaired) electrons. The molecule has 0 aliphatic heterocycles. The Hall–Kier alpha value is 0.157. The summed E-state index contributed by atoms with van der Waals surface area (Å²) in [6.45, 7) is 4.34. The first kappa shape index (κ1) is 7.16. The molecule has 7 heavy (non-hydrogen) atoms. The van der Waals surface area contributed by atoms with Crippen molar-refractivity contribution < 1.29 is 0 Å². The molecule has 1 heteroatoms. The molecular weight excluding hydrogens is 79.0 g/mol. The summed E-state index contributed by atoms with van der Waals surface area (Å²) in [6.07, 6.45) is 1.04. The average molecular weight is 88.1 g/mol. The molecule has 0 spiro atoms. The summed E-state index contributed by atoms with van der Waals surface area (Å²) in [5, 5.41) is 0. The van der Waals surface area contributed by atoms with Crippen LogP contribution in [0.15, 0.2) is 0 Å². The molecule has 0 nitrogen and oxygen atoms in total. The number of rotatable bonds is 1. The fraction of sp³-hybridized carbons (Fsp3) is 0.667. The molecule has 0 atom stereocenters. The van der Waals surface area contributed by atoms with E-state index in [4.69, 9.17) is 0 Å². The van der Waals surface area contributed by atoms with Gasteiger partial charge in [0.1, 0.15) is 0 Å². The van der Waals surface area contributed by atoms with Crippen LogP contribution in [-0.4, -0.2) is 17.7 Å². The zero-order valence-electron chi connectivity index (χ0n) is 5.28. The predicted molar refractivity (Wildman–Crippen MR) is 33.0 cm³/mol. The fourth-order valence-corrected chi connectivity index (χ4v) is 0.306. The maximum atomic E-state index is 3.00. The Labute approximate surface area is 54.9 Å². The maximum absolute atomic E-state index is 3.00. The van der Waals surface area contributed by atoms with Crippen molar-refractivity contribution in [3.63, 3.8) is 0 Å². The Kier molecular flexibility index (Phi) is 4.42. The summed E-state index contributed by atoms with van der Waals surface area (Å²) in [5.41, 5.74) is 0. The molecule has 0 aliphatic carbocycles. The van der Waals surface area contributed by atoms with Gasteiger partial charge in [-0.3, -0.25) is 0 Å². The zero-order chi connectivity index (χ0) is 5.70. The van der Waals surface area contributed by atoms with Crippen molar-refractivity contribution in [3.05, 3.63) is 0 Å². The Balaban J connectivity index is 3.08. The summed E-state index contributed by atoms with van der Waals surface area (Å²) in [7, 11) is 0. The molecule has 34 valence electrons. The standard InChI is InChI=1S/C6H9.Li/c1-4-5-6(2)3;/h6H,5H2,2-3H3;. The van der Waals surface area contributed by atoms with E-state index in [1.54, 1.807) is 0 Å². The van der Waals surface area contributed by atoms with E-state index in [-0.39, 0.29) is 0 Å². The van der Waals surface area contributed by atoms with Gasteiger partial charge in [-0.15, -0.1) is 0 Å². The van der Waals surface area contributed by atoms with Crippen LogP contribution in [0.4, 0.5) is 0 Å². The van der Waals surface area contributed by atoms with E-state index in [0.29, 0.717) is 0 Å². The van der Waals surface area contributed by atoms with Crippen molar-refractivity contribution in [1.82, 2.24) is 0 Å². The first-order valence-electron chi connectivity index (χ1n) is 2.67. The van der Waals surface area contributed by atoms with E-state index in [1.807, 2.05) is 17.7 Å². The van der Waals surface area contributed by atoms with Crippen molar-refractivity contribution in [2.45, 2.75) is 20.3 Å². The van der Waals surface area contributed by atoms with E-state index < -0.39 is 0 Å². The SMILES string of the molecule is [Li][C]#CCC(C)C. The zero-order valence-corrected chi connectivity index (χ0v) is 5.28. The second-order valence-corrected chi connectivity index (χ2v) is 2.02. The molecule has 0 saturated carbocycles. The van der Waals surface area contributed by atoms with Crippen LogP contribution < -0.4 is 0 Å². The van der Waals surface area contributed by atoms with Crippen LogP contribution >= 0.6 is 0 Å². The monoisotopic (exact) mass is 88.1 g/mol. The molecule has 0 saturated heterocycles. The van der Waals surface area contributed by atoms with Crippen molar-refractivity contribution >= 4 is 17.7 Å². The summed E-state index contributed by atoms with van der Waals surface area (Å²) in [4.78, 5) is 0. The summed E-state index contributed by atoms with van der Waals surface area (Å²) < 4.78 is 2.85. The molecule has 0 rings (SSSR count). The van der Waals surface area contributed by atoms with Gasteiger partial charge in [0.15, 0.2) is 0 Å². The molecule has 0 N–H and O–H groups in total. The third-order valence-electron chi connectivity index (χ3n) is 0.687. The van der Waals surface area contributed by atoms with Gasteiger partial charge in [-0.1, -0.05) is 0 Å². The third-order valence-corrected chi connectivity index (χ3v) is 0.687. The molecule has 0 fully saturated rings. The third kappa shape index (κ3) is 6.16. The summed E-state index contributed by atoms with van der Waals surface area (Å²) in [5.74, 6) is 3.73. The molecule has 0 heterocycles. The molecule has 0 bridgehead atoms. The average Bonchev–Trinajstić information content (AvgIpc) is 1.61. The van der Waals surface area contributed by atoms with Gasteiger partial charge in [-0.25, -0.2) is 0 Å².